The zero-order chi connectivity index (χ0) is 13.1. The van der Waals surface area contributed by atoms with Crippen LogP contribution < -0.4 is 5.73 Å². The Hall–Kier alpha value is -0.990. The molecular formula is C14H27N3. The molecule has 1 aromatic rings. The van der Waals surface area contributed by atoms with Crippen LogP contribution in [-0.4, -0.2) is 9.55 Å². The first-order valence-electron chi connectivity index (χ1n) is 6.72. The van der Waals surface area contributed by atoms with E-state index in [4.69, 9.17) is 10.7 Å². The summed E-state index contributed by atoms with van der Waals surface area (Å²) in [5.74, 6) is 2.01. The van der Waals surface area contributed by atoms with Crippen molar-refractivity contribution in [2.45, 2.75) is 66.8 Å². The molecule has 0 aromatic carbocycles. The first-order valence-corrected chi connectivity index (χ1v) is 6.72. The third-order valence-corrected chi connectivity index (χ3v) is 2.91. The highest BCUT2D eigenvalue weighted by Crippen LogP contribution is 2.25. The molecule has 0 bridgehead atoms. The summed E-state index contributed by atoms with van der Waals surface area (Å²) in [5.41, 5.74) is 7.54. The molecule has 0 saturated carbocycles. The lowest BCUT2D eigenvalue weighted by molar-refractivity contribution is 0.407. The number of aryl methyl sites for hydroxylation is 1. The van der Waals surface area contributed by atoms with Crippen LogP contribution in [0.5, 0.6) is 0 Å². The van der Waals surface area contributed by atoms with Crippen LogP contribution in [0.25, 0.3) is 0 Å². The molecule has 0 amide bonds. The summed E-state index contributed by atoms with van der Waals surface area (Å²) in [7, 11) is 0. The summed E-state index contributed by atoms with van der Waals surface area (Å²) >= 11 is 0. The van der Waals surface area contributed by atoms with Crippen molar-refractivity contribution < 1.29 is 0 Å². The first kappa shape index (κ1) is 14.1. The summed E-state index contributed by atoms with van der Waals surface area (Å²) in [6.07, 6.45) is 4.26. The van der Waals surface area contributed by atoms with E-state index in [1.165, 1.54) is 12.8 Å². The van der Waals surface area contributed by atoms with E-state index in [0.717, 1.165) is 36.7 Å². The van der Waals surface area contributed by atoms with Gasteiger partial charge in [0.25, 0.3) is 0 Å². The van der Waals surface area contributed by atoms with Crippen LogP contribution in [0.3, 0.4) is 0 Å². The summed E-state index contributed by atoms with van der Waals surface area (Å²) in [4.78, 5) is 4.70. The third-order valence-electron chi connectivity index (χ3n) is 2.91. The van der Waals surface area contributed by atoms with E-state index in [1.807, 2.05) is 0 Å². The molecule has 2 N–H and O–H groups in total. The average molecular weight is 237 g/mol. The van der Waals surface area contributed by atoms with Crippen LogP contribution in [0.4, 0.5) is 5.82 Å². The molecule has 1 aromatic heterocycles. The van der Waals surface area contributed by atoms with Crippen molar-refractivity contribution in [1.82, 2.24) is 9.55 Å². The zero-order valence-electron chi connectivity index (χ0n) is 12.0. The monoisotopic (exact) mass is 237 g/mol. The maximum Gasteiger partial charge on any atom is 0.126 e. The largest absolute Gasteiger partial charge is 0.384 e. The van der Waals surface area contributed by atoms with Crippen molar-refractivity contribution in [3.8, 4) is 0 Å². The fourth-order valence-corrected chi connectivity index (χ4v) is 2.04. The van der Waals surface area contributed by atoms with Crippen molar-refractivity contribution in [1.29, 1.82) is 0 Å². The van der Waals surface area contributed by atoms with Crippen LogP contribution in [0.1, 0.15) is 59.0 Å². The summed E-state index contributed by atoms with van der Waals surface area (Å²) in [6, 6.07) is 0. The first-order chi connectivity index (χ1) is 7.89. The van der Waals surface area contributed by atoms with E-state index in [9.17, 15) is 0 Å². The number of unbranched alkanes of at least 4 members (excludes halogenated alkanes) is 1. The topological polar surface area (TPSA) is 43.8 Å². The van der Waals surface area contributed by atoms with Gasteiger partial charge < -0.3 is 10.3 Å². The Labute approximate surface area is 105 Å². The van der Waals surface area contributed by atoms with Gasteiger partial charge in [-0.15, -0.1) is 0 Å². The minimum Gasteiger partial charge on any atom is -0.384 e. The van der Waals surface area contributed by atoms with Gasteiger partial charge in [-0.3, -0.25) is 0 Å². The number of hydrogen-bond donors (Lipinski definition) is 1. The molecule has 0 radical (unpaired) electrons. The predicted octanol–water partition coefficient (Wildman–Crippen LogP) is 3.42. The Morgan fingerprint density at radius 2 is 1.88 bits per heavy atom. The van der Waals surface area contributed by atoms with Crippen LogP contribution in [0.15, 0.2) is 0 Å². The average Bonchev–Trinajstić information content (AvgIpc) is 2.51. The lowest BCUT2D eigenvalue weighted by Gasteiger charge is -2.16. The van der Waals surface area contributed by atoms with Gasteiger partial charge in [0.05, 0.1) is 5.69 Å². The number of nitrogen functional groups attached to an aromatic ring is 1. The second-order valence-corrected chi connectivity index (χ2v) is 5.96. The molecule has 1 rings (SSSR count). The standard InChI is InChI=1S/C14H27N3/c1-6-8-9-17-12(7-2)16-11(13(17)15)10-14(3,4)5/h6-10,15H2,1-5H3. The molecule has 0 saturated heterocycles. The smallest absolute Gasteiger partial charge is 0.126 e. The van der Waals surface area contributed by atoms with Gasteiger partial charge in [0.1, 0.15) is 11.6 Å². The third kappa shape index (κ3) is 3.76. The highest BCUT2D eigenvalue weighted by molar-refractivity contribution is 5.39. The Kier molecular flexibility index (Phi) is 4.61. The fourth-order valence-electron chi connectivity index (χ4n) is 2.04. The van der Waals surface area contributed by atoms with Crippen molar-refractivity contribution in [2.24, 2.45) is 5.41 Å². The zero-order valence-corrected chi connectivity index (χ0v) is 12.0. The number of nitrogens with two attached hydrogens (primary N) is 1. The number of nitrogens with zero attached hydrogens (tertiary/aromatic N) is 2. The van der Waals surface area contributed by atoms with Crippen molar-refractivity contribution >= 4 is 5.82 Å². The SMILES string of the molecule is CCCCn1c(CC)nc(CC(C)(C)C)c1N. The lowest BCUT2D eigenvalue weighted by atomic mass is 9.90. The molecule has 0 aliphatic rings. The predicted molar refractivity (Wildman–Crippen MR) is 74.1 cm³/mol. The second kappa shape index (κ2) is 5.56. The van der Waals surface area contributed by atoms with Crippen LogP contribution >= 0.6 is 0 Å². The minimum atomic E-state index is 0.239. The number of imidazole rings is 1. The van der Waals surface area contributed by atoms with Gasteiger partial charge in [0.2, 0.25) is 0 Å². The summed E-state index contributed by atoms with van der Waals surface area (Å²) in [5, 5.41) is 0. The second-order valence-electron chi connectivity index (χ2n) is 5.96. The van der Waals surface area contributed by atoms with E-state index < -0.39 is 0 Å². The summed E-state index contributed by atoms with van der Waals surface area (Å²) in [6.45, 7) is 12.0. The Morgan fingerprint density at radius 1 is 1.24 bits per heavy atom. The van der Waals surface area contributed by atoms with Crippen molar-refractivity contribution in [3.05, 3.63) is 11.5 Å². The van der Waals surface area contributed by atoms with Gasteiger partial charge in [-0.05, 0) is 18.3 Å². The Bertz CT molecular complexity index is 358. The molecule has 0 atom stereocenters. The molecule has 98 valence electrons. The van der Waals surface area contributed by atoms with Crippen LogP contribution in [0.2, 0.25) is 0 Å². The van der Waals surface area contributed by atoms with Gasteiger partial charge in [-0.25, -0.2) is 4.98 Å². The van der Waals surface area contributed by atoms with Crippen molar-refractivity contribution in [2.75, 3.05) is 5.73 Å². The number of aromatic nitrogens is 2. The minimum absolute atomic E-state index is 0.239. The van der Waals surface area contributed by atoms with E-state index >= 15 is 0 Å². The number of hydrogen-bond acceptors (Lipinski definition) is 2. The molecule has 3 nitrogen and oxygen atoms in total. The number of rotatable bonds is 5. The van der Waals surface area contributed by atoms with E-state index in [1.54, 1.807) is 0 Å². The van der Waals surface area contributed by atoms with Gasteiger partial charge in [0, 0.05) is 13.0 Å². The molecule has 17 heavy (non-hydrogen) atoms. The van der Waals surface area contributed by atoms with Gasteiger partial charge >= 0.3 is 0 Å². The van der Waals surface area contributed by atoms with Gasteiger partial charge in [-0.2, -0.15) is 0 Å². The molecule has 0 spiro atoms. The maximum absolute atomic E-state index is 6.23. The highest BCUT2D eigenvalue weighted by Gasteiger charge is 2.19. The van der Waals surface area contributed by atoms with E-state index in [0.29, 0.717) is 0 Å². The van der Waals surface area contributed by atoms with Crippen LogP contribution in [0, 0.1) is 5.41 Å². The molecule has 0 unspecified atom stereocenters. The van der Waals surface area contributed by atoms with E-state index in [2.05, 4.69) is 39.2 Å². The van der Waals surface area contributed by atoms with Crippen LogP contribution in [-0.2, 0) is 19.4 Å². The molecule has 0 aliphatic carbocycles. The Morgan fingerprint density at radius 3 is 2.35 bits per heavy atom. The molecule has 1 heterocycles. The molecule has 3 heteroatoms. The number of anilines is 1. The maximum atomic E-state index is 6.23. The molecule has 0 fully saturated rings. The molecular weight excluding hydrogens is 210 g/mol. The highest BCUT2D eigenvalue weighted by atomic mass is 15.1. The fraction of sp³-hybridized carbons (Fsp3) is 0.786. The van der Waals surface area contributed by atoms with Gasteiger partial charge in [0.15, 0.2) is 0 Å². The van der Waals surface area contributed by atoms with E-state index in [-0.39, 0.29) is 5.41 Å². The Balaban J connectivity index is 2.97. The van der Waals surface area contributed by atoms with Gasteiger partial charge in [-0.1, -0.05) is 41.0 Å². The molecule has 0 aliphatic heterocycles. The lowest BCUT2D eigenvalue weighted by Crippen LogP contribution is -2.12. The summed E-state index contributed by atoms with van der Waals surface area (Å²) < 4.78 is 2.20. The quantitative estimate of drug-likeness (QED) is 0.852. The van der Waals surface area contributed by atoms with Crippen molar-refractivity contribution in [3.63, 3.8) is 0 Å². The normalized spacial score (nSPS) is 12.1.